The molecule has 0 aliphatic rings. The molecule has 0 aliphatic carbocycles. The predicted octanol–water partition coefficient (Wildman–Crippen LogP) is 3.37. The van der Waals surface area contributed by atoms with Crippen LogP contribution < -0.4 is 5.32 Å². The summed E-state index contributed by atoms with van der Waals surface area (Å²) < 4.78 is 10.5. The zero-order valence-electron chi connectivity index (χ0n) is 12.8. The fraction of sp³-hybridized carbons (Fsp3) is 0.625. The summed E-state index contributed by atoms with van der Waals surface area (Å²) >= 11 is 0. The molecular formula is C16H27NO2. The van der Waals surface area contributed by atoms with Crippen molar-refractivity contribution in [3.05, 3.63) is 35.9 Å². The maximum Gasteiger partial charge on any atom is 0.169 e. The highest BCUT2D eigenvalue weighted by Gasteiger charge is 2.20. The van der Waals surface area contributed by atoms with Crippen molar-refractivity contribution in [1.29, 1.82) is 0 Å². The van der Waals surface area contributed by atoms with Gasteiger partial charge in [0.25, 0.3) is 0 Å². The fourth-order valence-electron chi connectivity index (χ4n) is 2.11. The highest BCUT2D eigenvalue weighted by molar-refractivity contribution is 5.19. The minimum absolute atomic E-state index is 0.203. The van der Waals surface area contributed by atoms with E-state index in [1.54, 1.807) is 14.2 Å². The standard InChI is InChI=1S/C16H27NO2/c1-16(2,3)11-14(13-9-7-6-8-10-13)17-12-15(18-4)19-5/h6-10,14-15,17H,11-12H2,1-5H3. The smallest absolute Gasteiger partial charge is 0.169 e. The van der Waals surface area contributed by atoms with Gasteiger partial charge in [0.2, 0.25) is 0 Å². The Morgan fingerprint density at radius 3 is 2.11 bits per heavy atom. The Kier molecular flexibility index (Phi) is 6.49. The number of methoxy groups -OCH3 is 2. The number of nitrogens with one attached hydrogen (secondary N) is 1. The van der Waals surface area contributed by atoms with Crippen LogP contribution in [0.1, 0.15) is 38.8 Å². The minimum atomic E-state index is -0.203. The summed E-state index contributed by atoms with van der Waals surface area (Å²) in [5, 5.41) is 3.54. The highest BCUT2D eigenvalue weighted by Crippen LogP contribution is 2.29. The third-order valence-electron chi connectivity index (χ3n) is 3.08. The Balaban J connectivity index is 2.70. The number of hydrogen-bond acceptors (Lipinski definition) is 3. The molecule has 1 aromatic carbocycles. The van der Waals surface area contributed by atoms with Crippen molar-refractivity contribution >= 4 is 0 Å². The monoisotopic (exact) mass is 265 g/mol. The molecule has 0 bridgehead atoms. The maximum absolute atomic E-state index is 5.23. The summed E-state index contributed by atoms with van der Waals surface area (Å²) in [6.07, 6.45) is 0.864. The zero-order chi connectivity index (χ0) is 14.3. The minimum Gasteiger partial charge on any atom is -0.355 e. The molecular weight excluding hydrogens is 238 g/mol. The van der Waals surface area contributed by atoms with E-state index in [2.05, 4.69) is 50.4 Å². The molecule has 3 heteroatoms. The quantitative estimate of drug-likeness (QED) is 0.767. The van der Waals surface area contributed by atoms with Gasteiger partial charge in [-0.05, 0) is 17.4 Å². The van der Waals surface area contributed by atoms with Crippen LogP contribution >= 0.6 is 0 Å². The van der Waals surface area contributed by atoms with Gasteiger partial charge in [-0.3, -0.25) is 0 Å². The van der Waals surface area contributed by atoms with Crippen molar-refractivity contribution in [2.75, 3.05) is 20.8 Å². The molecule has 19 heavy (non-hydrogen) atoms. The Hall–Kier alpha value is -0.900. The van der Waals surface area contributed by atoms with Gasteiger partial charge in [0.15, 0.2) is 6.29 Å². The molecule has 0 saturated heterocycles. The van der Waals surface area contributed by atoms with Gasteiger partial charge in [0.05, 0.1) is 0 Å². The lowest BCUT2D eigenvalue weighted by atomic mass is 9.85. The molecule has 0 radical (unpaired) electrons. The first-order valence-corrected chi connectivity index (χ1v) is 6.80. The molecule has 0 fully saturated rings. The van der Waals surface area contributed by atoms with Crippen LogP contribution in [0.5, 0.6) is 0 Å². The van der Waals surface area contributed by atoms with Gasteiger partial charge < -0.3 is 14.8 Å². The van der Waals surface area contributed by atoms with E-state index in [1.807, 2.05) is 6.07 Å². The molecule has 0 aromatic heterocycles. The third-order valence-corrected chi connectivity index (χ3v) is 3.08. The van der Waals surface area contributed by atoms with E-state index in [1.165, 1.54) is 5.56 Å². The van der Waals surface area contributed by atoms with Gasteiger partial charge in [-0.25, -0.2) is 0 Å². The first kappa shape index (κ1) is 16.2. The third kappa shape index (κ3) is 6.19. The van der Waals surface area contributed by atoms with Crippen LogP contribution in [0.3, 0.4) is 0 Å². The first-order valence-electron chi connectivity index (χ1n) is 6.80. The molecule has 0 spiro atoms. The van der Waals surface area contributed by atoms with Crippen LogP contribution in [0.2, 0.25) is 0 Å². The van der Waals surface area contributed by atoms with Gasteiger partial charge in [0.1, 0.15) is 0 Å². The van der Waals surface area contributed by atoms with Crippen molar-refractivity contribution in [2.24, 2.45) is 5.41 Å². The molecule has 1 N–H and O–H groups in total. The first-order chi connectivity index (χ1) is 8.96. The summed E-state index contributed by atoms with van der Waals surface area (Å²) in [5.74, 6) is 0. The maximum atomic E-state index is 5.23. The summed E-state index contributed by atoms with van der Waals surface area (Å²) in [4.78, 5) is 0. The average molecular weight is 265 g/mol. The molecule has 1 unspecified atom stereocenters. The van der Waals surface area contributed by atoms with Gasteiger partial charge in [-0.15, -0.1) is 0 Å². The topological polar surface area (TPSA) is 30.5 Å². The highest BCUT2D eigenvalue weighted by atomic mass is 16.7. The molecule has 1 aromatic rings. The lowest BCUT2D eigenvalue weighted by Crippen LogP contribution is -2.34. The predicted molar refractivity (Wildman–Crippen MR) is 79.1 cm³/mol. The van der Waals surface area contributed by atoms with Crippen LogP contribution in [0.4, 0.5) is 0 Å². The van der Waals surface area contributed by atoms with E-state index >= 15 is 0 Å². The molecule has 108 valence electrons. The number of benzene rings is 1. The molecule has 0 aliphatic heterocycles. The SMILES string of the molecule is COC(CNC(CC(C)(C)C)c1ccccc1)OC. The van der Waals surface area contributed by atoms with Crippen molar-refractivity contribution < 1.29 is 9.47 Å². The average Bonchev–Trinajstić information content (AvgIpc) is 2.38. The number of rotatable bonds is 7. The zero-order valence-corrected chi connectivity index (χ0v) is 12.8. The molecule has 1 atom stereocenters. The largest absolute Gasteiger partial charge is 0.355 e. The fourth-order valence-corrected chi connectivity index (χ4v) is 2.11. The Labute approximate surface area is 117 Å². The Morgan fingerprint density at radius 1 is 1.05 bits per heavy atom. The second-order valence-electron chi connectivity index (χ2n) is 6.04. The Bertz CT molecular complexity index is 342. The van der Waals surface area contributed by atoms with Crippen LogP contribution in [0.25, 0.3) is 0 Å². The lowest BCUT2D eigenvalue weighted by Gasteiger charge is -2.28. The van der Waals surface area contributed by atoms with E-state index in [9.17, 15) is 0 Å². The second-order valence-corrected chi connectivity index (χ2v) is 6.04. The van der Waals surface area contributed by atoms with E-state index in [4.69, 9.17) is 9.47 Å². The van der Waals surface area contributed by atoms with Gasteiger partial charge >= 0.3 is 0 Å². The summed E-state index contributed by atoms with van der Waals surface area (Å²) in [7, 11) is 3.33. The molecule has 0 heterocycles. The molecule has 1 rings (SSSR count). The number of ether oxygens (including phenoxy) is 2. The van der Waals surface area contributed by atoms with E-state index in [-0.39, 0.29) is 11.7 Å². The lowest BCUT2D eigenvalue weighted by molar-refractivity contribution is -0.100. The summed E-state index contributed by atoms with van der Waals surface area (Å²) in [5.41, 5.74) is 1.58. The van der Waals surface area contributed by atoms with Crippen molar-refractivity contribution in [3.8, 4) is 0 Å². The summed E-state index contributed by atoms with van der Waals surface area (Å²) in [6.45, 7) is 7.46. The molecule has 3 nitrogen and oxygen atoms in total. The van der Waals surface area contributed by atoms with Crippen LogP contribution in [0, 0.1) is 5.41 Å². The van der Waals surface area contributed by atoms with Crippen LogP contribution in [0.15, 0.2) is 30.3 Å². The van der Waals surface area contributed by atoms with Crippen LogP contribution in [-0.4, -0.2) is 27.1 Å². The van der Waals surface area contributed by atoms with Crippen molar-refractivity contribution in [3.63, 3.8) is 0 Å². The molecule has 0 saturated carbocycles. The normalized spacial score (nSPS) is 13.8. The number of hydrogen-bond donors (Lipinski definition) is 1. The van der Waals surface area contributed by atoms with E-state index < -0.39 is 0 Å². The van der Waals surface area contributed by atoms with Gasteiger partial charge in [-0.1, -0.05) is 51.1 Å². The summed E-state index contributed by atoms with van der Waals surface area (Å²) in [6, 6.07) is 10.8. The van der Waals surface area contributed by atoms with Gasteiger partial charge in [0, 0.05) is 26.8 Å². The van der Waals surface area contributed by atoms with E-state index in [0.29, 0.717) is 12.6 Å². The van der Waals surface area contributed by atoms with Crippen molar-refractivity contribution in [2.45, 2.75) is 39.5 Å². The van der Waals surface area contributed by atoms with Gasteiger partial charge in [-0.2, -0.15) is 0 Å². The van der Waals surface area contributed by atoms with Crippen LogP contribution in [-0.2, 0) is 9.47 Å². The van der Waals surface area contributed by atoms with E-state index in [0.717, 1.165) is 6.42 Å². The Morgan fingerprint density at radius 2 is 1.63 bits per heavy atom. The molecule has 0 amide bonds. The second kappa shape index (κ2) is 7.63. The van der Waals surface area contributed by atoms with Crippen molar-refractivity contribution in [1.82, 2.24) is 5.32 Å².